The molecule has 0 amide bonds. The molecule has 0 unspecified atom stereocenters. The van der Waals surface area contributed by atoms with Gasteiger partial charge in [0.05, 0.1) is 11.3 Å². The van der Waals surface area contributed by atoms with Crippen LogP contribution < -0.4 is 5.32 Å². The summed E-state index contributed by atoms with van der Waals surface area (Å²) >= 11 is 1.76. The molecule has 0 atom stereocenters. The van der Waals surface area contributed by atoms with E-state index >= 15 is 0 Å². The topological polar surface area (TPSA) is 50.1 Å². The lowest BCUT2D eigenvalue weighted by Gasteiger charge is -2.15. The normalized spacial score (nSPS) is 12.0. The van der Waals surface area contributed by atoms with Crippen molar-refractivity contribution in [1.82, 2.24) is 15.1 Å². The Hall–Kier alpha value is -0.520. The molecule has 5 heteroatoms. The average Bonchev–Trinajstić information content (AvgIpc) is 2.56. The first-order valence-electron chi connectivity index (χ1n) is 5.47. The smallest absolute Gasteiger partial charge is 0.0762 e. The van der Waals surface area contributed by atoms with E-state index in [2.05, 4.69) is 10.4 Å². The average molecular weight is 243 g/mol. The van der Waals surface area contributed by atoms with Gasteiger partial charge in [-0.3, -0.25) is 4.68 Å². The zero-order chi connectivity index (χ0) is 12.0. The van der Waals surface area contributed by atoms with Crippen LogP contribution in [0.1, 0.15) is 19.5 Å². The van der Waals surface area contributed by atoms with Gasteiger partial charge in [-0.2, -0.15) is 16.9 Å². The maximum absolute atomic E-state index is 9.50. The Kier molecular flexibility index (Phi) is 5.31. The monoisotopic (exact) mass is 243 g/mol. The largest absolute Gasteiger partial charge is 0.390 e. The van der Waals surface area contributed by atoms with E-state index in [9.17, 15) is 5.11 Å². The summed E-state index contributed by atoms with van der Waals surface area (Å²) in [4.78, 5) is 0. The summed E-state index contributed by atoms with van der Waals surface area (Å²) < 4.78 is 1.81. The van der Waals surface area contributed by atoms with Gasteiger partial charge >= 0.3 is 0 Å². The molecular formula is C11H21N3OS. The van der Waals surface area contributed by atoms with Crippen molar-refractivity contribution < 1.29 is 5.11 Å². The molecule has 1 aromatic heterocycles. The molecule has 0 bridgehead atoms. The van der Waals surface area contributed by atoms with Gasteiger partial charge in [-0.15, -0.1) is 0 Å². The lowest BCUT2D eigenvalue weighted by atomic mass is 10.2. The third-order valence-electron chi connectivity index (χ3n) is 1.95. The highest BCUT2D eigenvalue weighted by molar-refractivity contribution is 7.99. The van der Waals surface area contributed by atoms with E-state index in [4.69, 9.17) is 0 Å². The molecule has 0 aliphatic carbocycles. The Morgan fingerprint density at radius 1 is 1.56 bits per heavy atom. The van der Waals surface area contributed by atoms with E-state index in [-0.39, 0.29) is 0 Å². The van der Waals surface area contributed by atoms with E-state index < -0.39 is 5.60 Å². The SMILES string of the molecule is Cn1ccc(CNCCSCC(C)(C)O)n1. The molecule has 0 aliphatic rings. The Bertz CT molecular complexity index is 306. The number of aryl methyl sites for hydroxylation is 1. The number of rotatable bonds is 7. The van der Waals surface area contributed by atoms with Crippen LogP contribution in [0.4, 0.5) is 0 Å². The molecular weight excluding hydrogens is 222 g/mol. The van der Waals surface area contributed by atoms with E-state index in [1.54, 1.807) is 16.4 Å². The second-order valence-electron chi connectivity index (χ2n) is 4.52. The van der Waals surface area contributed by atoms with Crippen LogP contribution in [-0.2, 0) is 13.6 Å². The van der Waals surface area contributed by atoms with Gasteiger partial charge in [-0.05, 0) is 19.9 Å². The van der Waals surface area contributed by atoms with Crippen LogP contribution in [0.2, 0.25) is 0 Å². The molecule has 16 heavy (non-hydrogen) atoms. The Morgan fingerprint density at radius 2 is 2.31 bits per heavy atom. The van der Waals surface area contributed by atoms with Gasteiger partial charge in [0.25, 0.3) is 0 Å². The second kappa shape index (κ2) is 6.27. The predicted molar refractivity (Wildman–Crippen MR) is 68.5 cm³/mol. The maximum Gasteiger partial charge on any atom is 0.0762 e. The van der Waals surface area contributed by atoms with Crippen molar-refractivity contribution in [2.45, 2.75) is 26.0 Å². The van der Waals surface area contributed by atoms with E-state index in [1.165, 1.54) is 0 Å². The Morgan fingerprint density at radius 3 is 2.88 bits per heavy atom. The van der Waals surface area contributed by atoms with Gasteiger partial charge in [-0.25, -0.2) is 0 Å². The van der Waals surface area contributed by atoms with Crippen LogP contribution in [0, 0.1) is 0 Å². The number of hydrogen-bond acceptors (Lipinski definition) is 4. The molecule has 0 aromatic carbocycles. The molecule has 1 rings (SSSR count). The number of nitrogens with one attached hydrogen (secondary N) is 1. The van der Waals surface area contributed by atoms with Crippen LogP contribution in [0.3, 0.4) is 0 Å². The van der Waals surface area contributed by atoms with Crippen LogP contribution in [0.15, 0.2) is 12.3 Å². The van der Waals surface area contributed by atoms with E-state index in [0.29, 0.717) is 0 Å². The zero-order valence-corrected chi connectivity index (χ0v) is 11.0. The van der Waals surface area contributed by atoms with E-state index in [1.807, 2.05) is 33.2 Å². The number of aromatic nitrogens is 2. The lowest BCUT2D eigenvalue weighted by Crippen LogP contribution is -2.23. The first-order chi connectivity index (χ1) is 7.47. The predicted octanol–water partition coefficient (Wildman–Crippen LogP) is 1.01. The van der Waals surface area contributed by atoms with Gasteiger partial charge in [0.15, 0.2) is 0 Å². The summed E-state index contributed by atoms with van der Waals surface area (Å²) in [7, 11) is 1.92. The van der Waals surface area contributed by atoms with Gasteiger partial charge < -0.3 is 10.4 Å². The Balaban J connectivity index is 2.00. The number of hydrogen-bond donors (Lipinski definition) is 2. The fraction of sp³-hybridized carbons (Fsp3) is 0.727. The van der Waals surface area contributed by atoms with E-state index in [0.717, 1.165) is 30.3 Å². The van der Waals surface area contributed by atoms with Crippen LogP contribution in [0.25, 0.3) is 0 Å². The number of thioether (sulfide) groups is 1. The fourth-order valence-corrected chi connectivity index (χ4v) is 2.17. The zero-order valence-electron chi connectivity index (χ0n) is 10.2. The molecule has 0 spiro atoms. The standard InChI is InChI=1S/C11H21N3OS/c1-11(2,15)9-16-7-5-12-8-10-4-6-14(3)13-10/h4,6,12,15H,5,7-9H2,1-3H3. The van der Waals surface area contributed by atoms with Crippen LogP contribution in [-0.4, -0.2) is 38.5 Å². The second-order valence-corrected chi connectivity index (χ2v) is 5.63. The molecule has 2 N–H and O–H groups in total. The molecule has 0 saturated carbocycles. The third kappa shape index (κ3) is 6.15. The highest BCUT2D eigenvalue weighted by Gasteiger charge is 2.11. The van der Waals surface area contributed by atoms with Gasteiger partial charge in [0.2, 0.25) is 0 Å². The van der Waals surface area contributed by atoms with Crippen molar-refractivity contribution in [1.29, 1.82) is 0 Å². The summed E-state index contributed by atoms with van der Waals surface area (Å²) in [6, 6.07) is 2.01. The summed E-state index contributed by atoms with van der Waals surface area (Å²) in [5.41, 5.74) is 0.501. The van der Waals surface area contributed by atoms with Gasteiger partial charge in [-0.1, -0.05) is 0 Å². The third-order valence-corrected chi connectivity index (χ3v) is 3.36. The molecule has 4 nitrogen and oxygen atoms in total. The maximum atomic E-state index is 9.50. The Labute approximate surface area is 101 Å². The number of aliphatic hydroxyl groups is 1. The van der Waals surface area contributed by atoms with Crippen LogP contribution in [0.5, 0.6) is 0 Å². The molecule has 1 heterocycles. The highest BCUT2D eigenvalue weighted by atomic mass is 32.2. The molecule has 1 aromatic rings. The molecule has 0 radical (unpaired) electrons. The van der Waals surface area contributed by atoms with Crippen molar-refractivity contribution >= 4 is 11.8 Å². The first-order valence-corrected chi connectivity index (χ1v) is 6.62. The van der Waals surface area contributed by atoms with Gasteiger partial charge in [0, 0.05) is 37.8 Å². The quantitative estimate of drug-likeness (QED) is 0.702. The van der Waals surface area contributed by atoms with Crippen molar-refractivity contribution in [2.24, 2.45) is 7.05 Å². The minimum atomic E-state index is -0.564. The van der Waals surface area contributed by atoms with Crippen LogP contribution >= 0.6 is 11.8 Å². The molecule has 92 valence electrons. The summed E-state index contributed by atoms with van der Waals surface area (Å²) in [5, 5.41) is 17.1. The molecule has 0 aliphatic heterocycles. The minimum Gasteiger partial charge on any atom is -0.390 e. The summed E-state index contributed by atoms with van der Waals surface area (Å²) in [5.74, 6) is 1.79. The fourth-order valence-electron chi connectivity index (χ4n) is 1.24. The molecule has 0 fully saturated rings. The van der Waals surface area contributed by atoms with Gasteiger partial charge in [0.1, 0.15) is 0 Å². The van der Waals surface area contributed by atoms with Crippen molar-refractivity contribution in [3.63, 3.8) is 0 Å². The van der Waals surface area contributed by atoms with Crippen molar-refractivity contribution in [3.8, 4) is 0 Å². The number of nitrogens with zero attached hydrogens (tertiary/aromatic N) is 2. The highest BCUT2D eigenvalue weighted by Crippen LogP contribution is 2.10. The minimum absolute atomic E-state index is 0.564. The first kappa shape index (κ1) is 13.5. The van der Waals surface area contributed by atoms with Crippen molar-refractivity contribution in [3.05, 3.63) is 18.0 Å². The van der Waals surface area contributed by atoms with Crippen molar-refractivity contribution in [2.75, 3.05) is 18.1 Å². The summed E-state index contributed by atoms with van der Waals surface area (Å²) in [6.45, 7) is 5.42. The molecule has 0 saturated heterocycles. The lowest BCUT2D eigenvalue weighted by molar-refractivity contribution is 0.107. The summed E-state index contributed by atoms with van der Waals surface area (Å²) in [6.07, 6.45) is 1.94.